The maximum atomic E-state index is 12.2. The summed E-state index contributed by atoms with van der Waals surface area (Å²) in [5, 5.41) is 3.93. The lowest BCUT2D eigenvalue weighted by molar-refractivity contribution is 0.0948. The van der Waals surface area contributed by atoms with Crippen molar-refractivity contribution in [3.05, 3.63) is 66.4 Å². The molecule has 0 saturated carbocycles. The molecule has 1 amide bonds. The molecule has 3 rings (SSSR count). The monoisotopic (exact) mass is 336 g/mol. The lowest BCUT2D eigenvalue weighted by Gasteiger charge is -2.10. The average molecular weight is 336 g/mol. The quantitative estimate of drug-likeness (QED) is 0.672. The van der Waals surface area contributed by atoms with Crippen LogP contribution >= 0.6 is 0 Å². The third-order valence-corrected chi connectivity index (χ3v) is 3.81. The highest BCUT2D eigenvalue weighted by Gasteiger charge is 2.10. The van der Waals surface area contributed by atoms with Crippen molar-refractivity contribution in [2.75, 3.05) is 20.3 Å². The van der Waals surface area contributed by atoms with Crippen LogP contribution < -0.4 is 14.8 Å². The average Bonchev–Trinajstić information content (AvgIpc) is 2.67. The molecular formula is C20H20N2O3. The molecule has 2 aromatic carbocycles. The minimum atomic E-state index is -0.149. The number of methoxy groups -OCH3 is 1. The number of nitrogens with one attached hydrogen (secondary N) is 1. The minimum absolute atomic E-state index is 0.149. The van der Waals surface area contributed by atoms with Gasteiger partial charge < -0.3 is 14.8 Å². The molecule has 0 bridgehead atoms. The number of carbonyl (C=O) groups excluding carboxylic acids is 1. The molecule has 0 fully saturated rings. The van der Waals surface area contributed by atoms with Crippen LogP contribution in [0.4, 0.5) is 0 Å². The summed E-state index contributed by atoms with van der Waals surface area (Å²) in [5.74, 6) is 1.18. The molecule has 25 heavy (non-hydrogen) atoms. The van der Waals surface area contributed by atoms with Crippen molar-refractivity contribution in [2.24, 2.45) is 0 Å². The normalized spacial score (nSPS) is 10.4. The van der Waals surface area contributed by atoms with E-state index < -0.39 is 0 Å². The SMILES string of the molecule is COc1ccccc1C(=O)NCCCOc1cccc2cccnc12. The summed E-state index contributed by atoms with van der Waals surface area (Å²) in [6, 6.07) is 16.9. The van der Waals surface area contributed by atoms with Crippen LogP contribution in [0.2, 0.25) is 0 Å². The third-order valence-electron chi connectivity index (χ3n) is 3.81. The van der Waals surface area contributed by atoms with Gasteiger partial charge in [-0.1, -0.05) is 30.3 Å². The van der Waals surface area contributed by atoms with Crippen molar-refractivity contribution in [1.29, 1.82) is 0 Å². The standard InChI is InChI=1S/C20H20N2O3/c1-24-17-10-3-2-9-16(17)20(23)22-13-6-14-25-18-11-4-7-15-8-5-12-21-19(15)18/h2-5,7-12H,6,13-14H2,1H3,(H,22,23). The zero-order valence-corrected chi connectivity index (χ0v) is 14.1. The number of ether oxygens (including phenoxy) is 2. The van der Waals surface area contributed by atoms with E-state index in [0.717, 1.165) is 16.7 Å². The van der Waals surface area contributed by atoms with Crippen molar-refractivity contribution < 1.29 is 14.3 Å². The molecule has 128 valence electrons. The Labute approximate surface area is 146 Å². The molecule has 3 aromatic rings. The fourth-order valence-electron chi connectivity index (χ4n) is 2.58. The Balaban J connectivity index is 1.49. The number of carbonyl (C=O) groups is 1. The van der Waals surface area contributed by atoms with E-state index in [1.54, 1.807) is 25.4 Å². The van der Waals surface area contributed by atoms with Gasteiger partial charge in [0.1, 0.15) is 17.0 Å². The Hall–Kier alpha value is -3.08. The van der Waals surface area contributed by atoms with Gasteiger partial charge in [-0.05, 0) is 30.7 Å². The summed E-state index contributed by atoms with van der Waals surface area (Å²) in [6.07, 6.45) is 2.45. The van der Waals surface area contributed by atoms with Gasteiger partial charge in [-0.2, -0.15) is 0 Å². The third kappa shape index (κ3) is 4.07. The Bertz CT molecular complexity index is 859. The van der Waals surface area contributed by atoms with Crippen LogP contribution in [0, 0.1) is 0 Å². The summed E-state index contributed by atoms with van der Waals surface area (Å²) in [6.45, 7) is 1.02. The number of aromatic nitrogens is 1. The highest BCUT2D eigenvalue weighted by molar-refractivity contribution is 5.96. The van der Waals surface area contributed by atoms with Crippen molar-refractivity contribution in [3.63, 3.8) is 0 Å². The fraction of sp³-hybridized carbons (Fsp3) is 0.200. The molecule has 0 aliphatic carbocycles. The summed E-state index contributed by atoms with van der Waals surface area (Å²) in [4.78, 5) is 16.5. The molecular weight excluding hydrogens is 316 g/mol. The molecule has 0 atom stereocenters. The lowest BCUT2D eigenvalue weighted by Crippen LogP contribution is -2.26. The first-order chi connectivity index (χ1) is 12.3. The Morgan fingerprint density at radius 1 is 1.04 bits per heavy atom. The largest absolute Gasteiger partial charge is 0.496 e. The van der Waals surface area contributed by atoms with Gasteiger partial charge in [0.2, 0.25) is 0 Å². The van der Waals surface area contributed by atoms with Crippen LogP contribution in [-0.4, -0.2) is 31.2 Å². The number of amides is 1. The topological polar surface area (TPSA) is 60.5 Å². The van der Waals surface area contributed by atoms with E-state index in [2.05, 4.69) is 10.3 Å². The number of pyridine rings is 1. The highest BCUT2D eigenvalue weighted by atomic mass is 16.5. The molecule has 0 spiro atoms. The van der Waals surface area contributed by atoms with Gasteiger partial charge in [-0.3, -0.25) is 9.78 Å². The van der Waals surface area contributed by atoms with Gasteiger partial charge in [0, 0.05) is 18.1 Å². The van der Waals surface area contributed by atoms with Gasteiger partial charge in [0.05, 0.1) is 19.3 Å². The van der Waals surface area contributed by atoms with Crippen LogP contribution in [0.3, 0.4) is 0 Å². The lowest BCUT2D eigenvalue weighted by atomic mass is 10.2. The Kier molecular flexibility index (Phi) is 5.46. The van der Waals surface area contributed by atoms with Gasteiger partial charge in [-0.15, -0.1) is 0 Å². The fourth-order valence-corrected chi connectivity index (χ4v) is 2.58. The molecule has 1 N–H and O–H groups in total. The van der Waals surface area contributed by atoms with E-state index in [0.29, 0.717) is 30.9 Å². The number of hydrogen-bond donors (Lipinski definition) is 1. The van der Waals surface area contributed by atoms with Crippen molar-refractivity contribution >= 4 is 16.8 Å². The second kappa shape index (κ2) is 8.15. The van der Waals surface area contributed by atoms with Crippen molar-refractivity contribution in [2.45, 2.75) is 6.42 Å². The second-order valence-electron chi connectivity index (χ2n) is 5.49. The molecule has 5 heteroatoms. The van der Waals surface area contributed by atoms with Gasteiger partial charge >= 0.3 is 0 Å². The number of fused-ring (bicyclic) bond motifs is 1. The first-order valence-corrected chi connectivity index (χ1v) is 8.17. The van der Waals surface area contributed by atoms with Crippen LogP contribution in [0.1, 0.15) is 16.8 Å². The van der Waals surface area contributed by atoms with Crippen LogP contribution in [0.5, 0.6) is 11.5 Å². The smallest absolute Gasteiger partial charge is 0.255 e. The van der Waals surface area contributed by atoms with Crippen LogP contribution in [-0.2, 0) is 0 Å². The molecule has 0 aliphatic heterocycles. The Morgan fingerprint density at radius 2 is 1.84 bits per heavy atom. The molecule has 0 saturated heterocycles. The van der Waals surface area contributed by atoms with E-state index in [9.17, 15) is 4.79 Å². The Morgan fingerprint density at radius 3 is 2.72 bits per heavy atom. The van der Waals surface area contributed by atoms with Gasteiger partial charge in [-0.25, -0.2) is 0 Å². The van der Waals surface area contributed by atoms with Crippen molar-refractivity contribution in [1.82, 2.24) is 10.3 Å². The van der Waals surface area contributed by atoms with Crippen LogP contribution in [0.15, 0.2) is 60.8 Å². The number of rotatable bonds is 7. The summed E-state index contributed by atoms with van der Waals surface area (Å²) in [7, 11) is 1.55. The van der Waals surface area contributed by atoms with Gasteiger partial charge in [0.25, 0.3) is 5.91 Å². The zero-order valence-electron chi connectivity index (χ0n) is 14.1. The molecule has 0 unspecified atom stereocenters. The minimum Gasteiger partial charge on any atom is -0.496 e. The zero-order chi connectivity index (χ0) is 17.5. The van der Waals surface area contributed by atoms with E-state index in [4.69, 9.17) is 9.47 Å². The predicted molar refractivity (Wildman–Crippen MR) is 97.2 cm³/mol. The van der Waals surface area contributed by atoms with Crippen LogP contribution in [0.25, 0.3) is 10.9 Å². The van der Waals surface area contributed by atoms with Crippen molar-refractivity contribution in [3.8, 4) is 11.5 Å². The predicted octanol–water partition coefficient (Wildman–Crippen LogP) is 3.44. The van der Waals surface area contributed by atoms with E-state index in [1.807, 2.05) is 42.5 Å². The van der Waals surface area contributed by atoms with E-state index in [-0.39, 0.29) is 5.91 Å². The first-order valence-electron chi connectivity index (χ1n) is 8.17. The maximum Gasteiger partial charge on any atom is 0.255 e. The number of hydrogen-bond acceptors (Lipinski definition) is 4. The van der Waals surface area contributed by atoms with Gasteiger partial charge in [0.15, 0.2) is 0 Å². The first kappa shape index (κ1) is 16.8. The number of benzene rings is 2. The highest BCUT2D eigenvalue weighted by Crippen LogP contribution is 2.23. The second-order valence-corrected chi connectivity index (χ2v) is 5.49. The summed E-state index contributed by atoms with van der Waals surface area (Å²) >= 11 is 0. The number of nitrogens with zero attached hydrogens (tertiary/aromatic N) is 1. The maximum absolute atomic E-state index is 12.2. The summed E-state index contributed by atoms with van der Waals surface area (Å²) in [5.41, 5.74) is 1.38. The molecule has 1 aromatic heterocycles. The van der Waals surface area contributed by atoms with E-state index >= 15 is 0 Å². The number of para-hydroxylation sites is 2. The molecule has 5 nitrogen and oxygen atoms in total. The molecule has 0 radical (unpaired) electrons. The van der Waals surface area contributed by atoms with E-state index in [1.165, 1.54) is 0 Å². The summed E-state index contributed by atoms with van der Waals surface area (Å²) < 4.78 is 11.0. The molecule has 0 aliphatic rings. The molecule has 1 heterocycles.